The summed E-state index contributed by atoms with van der Waals surface area (Å²) in [7, 11) is 1.62. The SMILES string of the molecule is COc1c(I)cnc(OC(F)(F)F)c1S(=O)(=O)Cl. The highest BCUT2D eigenvalue weighted by atomic mass is 127. The van der Waals surface area contributed by atoms with E-state index in [0.29, 0.717) is 0 Å². The Morgan fingerprint density at radius 1 is 1.44 bits per heavy atom. The van der Waals surface area contributed by atoms with Gasteiger partial charge in [-0.05, 0) is 22.6 Å². The number of aromatic nitrogens is 1. The summed E-state index contributed by atoms with van der Waals surface area (Å²) in [6.45, 7) is 0. The number of alkyl halides is 3. The number of hydrogen-bond acceptors (Lipinski definition) is 5. The summed E-state index contributed by atoms with van der Waals surface area (Å²) >= 11 is 1.63. The molecular formula is C7H4ClF3INO4S. The van der Waals surface area contributed by atoms with Crippen LogP contribution in [0.15, 0.2) is 11.1 Å². The zero-order valence-electron chi connectivity index (χ0n) is 8.46. The first-order chi connectivity index (χ1) is 8.06. The van der Waals surface area contributed by atoms with Crippen molar-refractivity contribution in [2.24, 2.45) is 0 Å². The van der Waals surface area contributed by atoms with Crippen LogP contribution >= 0.6 is 33.3 Å². The molecule has 1 heterocycles. The maximum atomic E-state index is 12.1. The molecule has 18 heavy (non-hydrogen) atoms. The molecule has 1 aromatic rings. The fraction of sp³-hybridized carbons (Fsp3) is 0.286. The highest BCUT2D eigenvalue weighted by molar-refractivity contribution is 14.1. The lowest BCUT2D eigenvalue weighted by Crippen LogP contribution is -2.20. The van der Waals surface area contributed by atoms with Crippen molar-refractivity contribution < 1.29 is 31.1 Å². The molecule has 0 aliphatic heterocycles. The molecule has 102 valence electrons. The first-order valence-electron chi connectivity index (χ1n) is 3.99. The van der Waals surface area contributed by atoms with Crippen molar-refractivity contribution in [3.05, 3.63) is 9.77 Å². The number of nitrogens with zero attached hydrogens (tertiary/aromatic N) is 1. The minimum Gasteiger partial charge on any atom is -0.494 e. The Hall–Kier alpha value is -0.490. The van der Waals surface area contributed by atoms with Gasteiger partial charge >= 0.3 is 6.36 Å². The molecule has 0 aliphatic rings. The van der Waals surface area contributed by atoms with Gasteiger partial charge in [0.2, 0.25) is 5.88 Å². The van der Waals surface area contributed by atoms with E-state index in [-0.39, 0.29) is 9.32 Å². The van der Waals surface area contributed by atoms with Crippen LogP contribution in [0.25, 0.3) is 0 Å². The molecule has 0 atom stereocenters. The van der Waals surface area contributed by atoms with Crippen molar-refractivity contribution in [3.63, 3.8) is 0 Å². The van der Waals surface area contributed by atoms with E-state index in [0.717, 1.165) is 13.3 Å². The van der Waals surface area contributed by atoms with Gasteiger partial charge in [0.05, 0.1) is 10.7 Å². The lowest BCUT2D eigenvalue weighted by atomic mass is 10.4. The van der Waals surface area contributed by atoms with Crippen LogP contribution in [0.5, 0.6) is 11.6 Å². The van der Waals surface area contributed by atoms with Crippen LogP contribution in [0.2, 0.25) is 0 Å². The quantitative estimate of drug-likeness (QED) is 0.559. The van der Waals surface area contributed by atoms with Gasteiger partial charge in [-0.25, -0.2) is 13.4 Å². The Morgan fingerprint density at radius 3 is 2.39 bits per heavy atom. The molecule has 0 saturated carbocycles. The Balaban J connectivity index is 3.54. The number of methoxy groups -OCH3 is 1. The predicted molar refractivity (Wildman–Crippen MR) is 63.2 cm³/mol. The third kappa shape index (κ3) is 3.75. The minimum absolute atomic E-state index is 0.170. The molecule has 0 bridgehead atoms. The fourth-order valence-electron chi connectivity index (χ4n) is 1.03. The molecule has 0 fully saturated rings. The maximum Gasteiger partial charge on any atom is 0.574 e. The second-order valence-corrected chi connectivity index (χ2v) is 6.42. The molecule has 1 aromatic heterocycles. The van der Waals surface area contributed by atoms with Crippen molar-refractivity contribution in [2.45, 2.75) is 11.3 Å². The molecule has 11 heteroatoms. The zero-order chi connectivity index (χ0) is 14.1. The second kappa shape index (κ2) is 5.25. The summed E-state index contributed by atoms with van der Waals surface area (Å²) in [6, 6.07) is 0. The Labute approximate surface area is 118 Å². The number of pyridine rings is 1. The zero-order valence-corrected chi connectivity index (χ0v) is 12.2. The fourth-order valence-corrected chi connectivity index (χ4v) is 2.96. The average molecular weight is 418 g/mol. The molecule has 0 saturated heterocycles. The van der Waals surface area contributed by atoms with Gasteiger partial charge in [-0.15, -0.1) is 13.2 Å². The second-order valence-electron chi connectivity index (χ2n) is 2.76. The third-order valence-corrected chi connectivity index (χ3v) is 3.65. The maximum absolute atomic E-state index is 12.1. The van der Waals surface area contributed by atoms with Crippen LogP contribution in [-0.4, -0.2) is 26.9 Å². The monoisotopic (exact) mass is 417 g/mol. The highest BCUT2D eigenvalue weighted by Crippen LogP contribution is 2.39. The van der Waals surface area contributed by atoms with E-state index in [2.05, 4.69) is 9.72 Å². The van der Waals surface area contributed by atoms with Crippen molar-refractivity contribution in [1.29, 1.82) is 0 Å². The van der Waals surface area contributed by atoms with Gasteiger partial charge in [-0.2, -0.15) is 0 Å². The van der Waals surface area contributed by atoms with Crippen molar-refractivity contribution in [3.8, 4) is 11.6 Å². The lowest BCUT2D eigenvalue weighted by Gasteiger charge is -2.13. The van der Waals surface area contributed by atoms with E-state index in [1.807, 2.05) is 0 Å². The van der Waals surface area contributed by atoms with Crippen molar-refractivity contribution in [2.75, 3.05) is 7.11 Å². The van der Waals surface area contributed by atoms with Gasteiger partial charge < -0.3 is 9.47 Å². The van der Waals surface area contributed by atoms with Crippen LogP contribution in [0.3, 0.4) is 0 Å². The van der Waals surface area contributed by atoms with Gasteiger partial charge in [0, 0.05) is 16.9 Å². The molecule has 1 rings (SSSR count). The Morgan fingerprint density at radius 2 is 2.00 bits per heavy atom. The lowest BCUT2D eigenvalue weighted by molar-refractivity contribution is -0.277. The van der Waals surface area contributed by atoms with Gasteiger partial charge in [0.15, 0.2) is 10.6 Å². The molecule has 0 aliphatic carbocycles. The van der Waals surface area contributed by atoms with Crippen LogP contribution in [0, 0.1) is 3.57 Å². The van der Waals surface area contributed by atoms with E-state index in [1.165, 1.54) is 0 Å². The normalized spacial score (nSPS) is 12.3. The van der Waals surface area contributed by atoms with Crippen LogP contribution < -0.4 is 9.47 Å². The summed E-state index contributed by atoms with van der Waals surface area (Å²) in [5, 5.41) is 0. The largest absolute Gasteiger partial charge is 0.574 e. The molecule has 5 nitrogen and oxygen atoms in total. The topological polar surface area (TPSA) is 65.5 Å². The molecular weight excluding hydrogens is 413 g/mol. The van der Waals surface area contributed by atoms with Gasteiger partial charge in [-0.3, -0.25) is 0 Å². The van der Waals surface area contributed by atoms with Crippen LogP contribution in [0.1, 0.15) is 0 Å². The minimum atomic E-state index is -5.10. The summed E-state index contributed by atoms with van der Waals surface area (Å²) in [5.74, 6) is -1.55. The van der Waals surface area contributed by atoms with E-state index >= 15 is 0 Å². The standard InChI is InChI=1S/C7H4ClF3INO4S/c1-16-4-3(12)2-13-6(17-7(9,10)11)5(4)18(8,14)15/h2H,1H3. The number of hydrogen-bond donors (Lipinski definition) is 0. The smallest absolute Gasteiger partial charge is 0.494 e. The van der Waals surface area contributed by atoms with Crippen LogP contribution in [-0.2, 0) is 9.05 Å². The molecule has 0 aromatic carbocycles. The molecule has 0 unspecified atom stereocenters. The van der Waals surface area contributed by atoms with Crippen molar-refractivity contribution in [1.82, 2.24) is 4.98 Å². The first kappa shape index (κ1) is 15.6. The number of ether oxygens (including phenoxy) is 2. The molecule has 0 radical (unpaired) electrons. The van der Waals surface area contributed by atoms with Gasteiger partial charge in [-0.1, -0.05) is 0 Å². The molecule has 0 spiro atoms. The van der Waals surface area contributed by atoms with E-state index in [4.69, 9.17) is 15.4 Å². The third-order valence-electron chi connectivity index (χ3n) is 1.57. The van der Waals surface area contributed by atoms with E-state index < -0.39 is 26.2 Å². The number of rotatable bonds is 3. The summed E-state index contributed by atoms with van der Waals surface area (Å²) in [4.78, 5) is 2.28. The number of halogens is 5. The first-order valence-corrected chi connectivity index (χ1v) is 7.38. The van der Waals surface area contributed by atoms with E-state index in [9.17, 15) is 21.6 Å². The van der Waals surface area contributed by atoms with Crippen molar-refractivity contribution >= 4 is 42.3 Å². The summed E-state index contributed by atoms with van der Waals surface area (Å²) in [6.07, 6.45) is -4.13. The highest BCUT2D eigenvalue weighted by Gasteiger charge is 2.36. The van der Waals surface area contributed by atoms with Gasteiger partial charge in [0.25, 0.3) is 9.05 Å². The van der Waals surface area contributed by atoms with E-state index in [1.54, 1.807) is 22.6 Å². The summed E-state index contributed by atoms with van der Waals surface area (Å²) < 4.78 is 67.2. The summed E-state index contributed by atoms with van der Waals surface area (Å²) in [5.41, 5.74) is 0. The Kier molecular flexibility index (Phi) is 4.54. The predicted octanol–water partition coefficient (Wildman–Crippen LogP) is 2.52. The van der Waals surface area contributed by atoms with Gasteiger partial charge in [0.1, 0.15) is 0 Å². The molecule has 0 N–H and O–H groups in total. The Bertz CT molecular complexity index is 563. The average Bonchev–Trinajstić information content (AvgIpc) is 2.16. The molecule has 0 amide bonds. The van der Waals surface area contributed by atoms with Crippen LogP contribution in [0.4, 0.5) is 13.2 Å².